The number of carbonyl (C=O) groups excluding carboxylic acids is 1. The van der Waals surface area contributed by atoms with Crippen molar-refractivity contribution in [2.24, 2.45) is 0 Å². The third kappa shape index (κ3) is 6.69. The molecule has 3 N–H and O–H groups in total. The number of alkyl halides is 3. The van der Waals surface area contributed by atoms with E-state index in [9.17, 15) is 4.79 Å². The third-order valence-electron chi connectivity index (χ3n) is 3.09. The predicted molar refractivity (Wildman–Crippen MR) is 124 cm³/mol. The molecule has 0 saturated heterocycles. The number of hydrogen-bond donors (Lipinski definition) is 3. The van der Waals surface area contributed by atoms with E-state index in [0.29, 0.717) is 5.56 Å². The molecule has 1 amide bonds. The normalized spacial score (nSPS) is 12.2. The maximum absolute atomic E-state index is 12.4. The van der Waals surface area contributed by atoms with Crippen molar-refractivity contribution < 1.29 is 4.79 Å². The summed E-state index contributed by atoms with van der Waals surface area (Å²) < 4.78 is -0.0886. The molecule has 0 spiro atoms. The summed E-state index contributed by atoms with van der Waals surface area (Å²) in [6, 6.07) is 14.4. The zero-order valence-electron chi connectivity index (χ0n) is 12.9. The molecule has 0 aliphatic carbocycles. The number of rotatable bonds is 4. The topological polar surface area (TPSA) is 53.2 Å². The number of para-hydroxylation sites is 1. The highest BCUT2D eigenvalue weighted by Crippen LogP contribution is 2.29. The van der Waals surface area contributed by atoms with Crippen molar-refractivity contribution in [1.29, 1.82) is 0 Å². The van der Waals surface area contributed by atoms with E-state index >= 15 is 0 Å². The summed E-state index contributed by atoms with van der Waals surface area (Å²) in [6.07, 6.45) is -1.04. The Labute approximate surface area is 193 Å². The SMILES string of the molecule is O=C(N[C@@H](NC(=S)Nc1ccccc1Br)C(Cl)(Cl)Cl)c1cccc(I)c1. The molecule has 138 valence electrons. The molecule has 10 heteroatoms. The Morgan fingerprint density at radius 2 is 1.81 bits per heavy atom. The van der Waals surface area contributed by atoms with E-state index in [1.807, 2.05) is 30.3 Å². The smallest absolute Gasteiger partial charge is 0.253 e. The summed E-state index contributed by atoms with van der Waals surface area (Å²) in [4.78, 5) is 12.4. The van der Waals surface area contributed by atoms with Crippen LogP contribution in [0.25, 0.3) is 0 Å². The molecule has 26 heavy (non-hydrogen) atoms. The number of hydrogen-bond acceptors (Lipinski definition) is 2. The van der Waals surface area contributed by atoms with Crippen molar-refractivity contribution in [1.82, 2.24) is 10.6 Å². The monoisotopic (exact) mass is 605 g/mol. The van der Waals surface area contributed by atoms with Crippen molar-refractivity contribution in [3.63, 3.8) is 0 Å². The van der Waals surface area contributed by atoms with Gasteiger partial charge in [-0.1, -0.05) is 53.0 Å². The van der Waals surface area contributed by atoms with Crippen molar-refractivity contribution in [2.45, 2.75) is 9.96 Å². The Morgan fingerprint density at radius 3 is 2.42 bits per heavy atom. The number of thiocarbonyl (C=S) groups is 1. The fourth-order valence-corrected chi connectivity index (χ4v) is 3.38. The minimum Gasteiger partial charge on any atom is -0.339 e. The van der Waals surface area contributed by atoms with Crippen LogP contribution in [0.3, 0.4) is 0 Å². The van der Waals surface area contributed by atoms with Crippen molar-refractivity contribution in [2.75, 3.05) is 5.32 Å². The summed E-state index contributed by atoms with van der Waals surface area (Å²) in [7, 11) is 0. The predicted octanol–water partition coefficient (Wildman–Crippen LogP) is 5.47. The van der Waals surface area contributed by atoms with Gasteiger partial charge in [0.2, 0.25) is 3.79 Å². The molecule has 2 aromatic rings. The fourth-order valence-electron chi connectivity index (χ4n) is 1.90. The van der Waals surface area contributed by atoms with Crippen LogP contribution in [0.5, 0.6) is 0 Å². The lowest BCUT2D eigenvalue weighted by Gasteiger charge is -2.28. The Hall–Kier alpha value is -0.320. The lowest BCUT2D eigenvalue weighted by molar-refractivity contribution is 0.0934. The van der Waals surface area contributed by atoms with E-state index in [1.54, 1.807) is 18.2 Å². The summed E-state index contributed by atoms with van der Waals surface area (Å²) >= 11 is 28.8. The van der Waals surface area contributed by atoms with Crippen LogP contribution < -0.4 is 16.0 Å². The average Bonchev–Trinajstić information content (AvgIpc) is 2.55. The van der Waals surface area contributed by atoms with Gasteiger partial charge in [0.1, 0.15) is 6.17 Å². The van der Waals surface area contributed by atoms with E-state index in [4.69, 9.17) is 47.0 Å². The van der Waals surface area contributed by atoms with E-state index in [-0.39, 0.29) is 5.11 Å². The molecule has 1 atom stereocenters. The molecule has 0 radical (unpaired) electrons. The van der Waals surface area contributed by atoms with Crippen LogP contribution in [0.2, 0.25) is 0 Å². The van der Waals surface area contributed by atoms with Gasteiger partial charge in [0.25, 0.3) is 5.91 Å². The van der Waals surface area contributed by atoms with Crippen molar-refractivity contribution >= 4 is 102 Å². The number of carbonyl (C=O) groups is 1. The van der Waals surface area contributed by atoms with Gasteiger partial charge in [0, 0.05) is 13.6 Å². The molecule has 0 aromatic heterocycles. The van der Waals surface area contributed by atoms with Crippen molar-refractivity contribution in [3.05, 3.63) is 62.1 Å². The van der Waals surface area contributed by atoms with Crippen LogP contribution in [-0.4, -0.2) is 21.0 Å². The molecule has 2 aromatic carbocycles. The first-order chi connectivity index (χ1) is 12.2. The highest BCUT2D eigenvalue weighted by atomic mass is 127. The quantitative estimate of drug-likeness (QED) is 0.187. The Bertz CT molecular complexity index is 819. The summed E-state index contributed by atoms with van der Waals surface area (Å²) in [5, 5.41) is 8.63. The molecule has 4 nitrogen and oxygen atoms in total. The van der Waals surface area contributed by atoms with Gasteiger partial charge in [-0.25, -0.2) is 0 Å². The summed E-state index contributed by atoms with van der Waals surface area (Å²) in [6.45, 7) is 0. The van der Waals surface area contributed by atoms with E-state index in [2.05, 4.69) is 54.5 Å². The van der Waals surface area contributed by atoms with Crippen LogP contribution in [-0.2, 0) is 0 Å². The number of benzene rings is 2. The third-order valence-corrected chi connectivity index (χ3v) is 5.32. The lowest BCUT2D eigenvalue weighted by Crippen LogP contribution is -2.56. The summed E-state index contributed by atoms with van der Waals surface area (Å²) in [5.41, 5.74) is 1.18. The maximum atomic E-state index is 12.4. The molecule has 0 bridgehead atoms. The lowest BCUT2D eigenvalue weighted by atomic mass is 10.2. The molecule has 0 saturated carbocycles. The molecule has 2 rings (SSSR count). The number of anilines is 1. The van der Waals surface area contributed by atoms with Gasteiger partial charge in [-0.15, -0.1) is 0 Å². The highest BCUT2D eigenvalue weighted by molar-refractivity contribution is 14.1. The molecule has 0 heterocycles. The highest BCUT2D eigenvalue weighted by Gasteiger charge is 2.35. The average molecular weight is 608 g/mol. The van der Waals surface area contributed by atoms with Crippen LogP contribution in [0.15, 0.2) is 53.0 Å². The van der Waals surface area contributed by atoms with Gasteiger partial charge < -0.3 is 16.0 Å². The van der Waals surface area contributed by atoms with Gasteiger partial charge in [0.05, 0.1) is 5.69 Å². The van der Waals surface area contributed by atoms with E-state index in [0.717, 1.165) is 13.7 Å². The van der Waals surface area contributed by atoms with Gasteiger partial charge in [-0.3, -0.25) is 4.79 Å². The number of halogens is 5. The zero-order chi connectivity index (χ0) is 19.3. The Balaban J connectivity index is 2.09. The van der Waals surface area contributed by atoms with Crippen molar-refractivity contribution in [3.8, 4) is 0 Å². The molecule has 0 fully saturated rings. The largest absolute Gasteiger partial charge is 0.339 e. The second-order valence-corrected chi connectivity index (χ2v) is 9.91. The fraction of sp³-hybridized carbons (Fsp3) is 0.125. The first-order valence-electron chi connectivity index (χ1n) is 7.12. The van der Waals surface area contributed by atoms with Gasteiger partial charge in [0.15, 0.2) is 5.11 Å². The minimum absolute atomic E-state index is 0.191. The Kier molecular flexibility index (Phi) is 8.24. The number of amides is 1. The van der Waals surface area contributed by atoms with Crippen LogP contribution in [0.4, 0.5) is 5.69 Å². The molecular weight excluding hydrogens is 595 g/mol. The minimum atomic E-state index is -1.82. The molecule has 0 unspecified atom stereocenters. The van der Waals surface area contributed by atoms with Gasteiger partial charge in [-0.2, -0.15) is 0 Å². The van der Waals surface area contributed by atoms with Crippen LogP contribution in [0.1, 0.15) is 10.4 Å². The second kappa shape index (κ2) is 9.75. The first kappa shape index (κ1) is 22.0. The summed E-state index contributed by atoms with van der Waals surface area (Å²) in [5.74, 6) is -0.393. The standard InChI is InChI=1S/C16H12BrCl3IN3OS/c17-11-6-1-2-7-12(11)22-15(26)24-14(16(18,19)20)23-13(25)9-4-3-5-10(21)8-9/h1-8,14H,(H,23,25)(H2,22,24,26)/t14-/m0/s1. The van der Waals surface area contributed by atoms with E-state index in [1.165, 1.54) is 0 Å². The van der Waals surface area contributed by atoms with Gasteiger partial charge >= 0.3 is 0 Å². The second-order valence-electron chi connectivity index (χ2n) is 5.04. The number of nitrogens with one attached hydrogen (secondary N) is 3. The molecule has 0 aliphatic rings. The molecular formula is C16H12BrCl3IN3OS. The van der Waals surface area contributed by atoms with Gasteiger partial charge in [-0.05, 0) is 81.1 Å². The Morgan fingerprint density at radius 1 is 1.12 bits per heavy atom. The maximum Gasteiger partial charge on any atom is 0.253 e. The van der Waals surface area contributed by atoms with Crippen LogP contribution in [0, 0.1) is 3.57 Å². The van der Waals surface area contributed by atoms with E-state index < -0.39 is 15.9 Å². The first-order valence-corrected chi connectivity index (χ1v) is 10.5. The zero-order valence-corrected chi connectivity index (χ0v) is 19.7. The molecule has 0 aliphatic heterocycles. The van der Waals surface area contributed by atoms with Crippen LogP contribution >= 0.6 is 85.5 Å².